The molecule has 2 nitrogen and oxygen atoms in total. The van der Waals surface area contributed by atoms with E-state index in [1.54, 1.807) is 0 Å². The van der Waals surface area contributed by atoms with E-state index in [-0.39, 0.29) is 0 Å². The molecule has 1 unspecified atom stereocenters. The minimum absolute atomic E-state index is 0.327. The predicted molar refractivity (Wildman–Crippen MR) is 102 cm³/mol. The van der Waals surface area contributed by atoms with Gasteiger partial charge in [0.2, 0.25) is 0 Å². The standard InChI is InChI=1S/C20H44N2/c1-7-11-15-20(21-5,16-12-8-2)18-22(6)17-14-19(10-4)13-9-3/h19,21H,7-18H2,1-6H3. The quantitative estimate of drug-likeness (QED) is 0.431. The van der Waals surface area contributed by atoms with Gasteiger partial charge in [0, 0.05) is 12.1 Å². The summed E-state index contributed by atoms with van der Waals surface area (Å²) in [4.78, 5) is 2.58. The zero-order valence-corrected chi connectivity index (χ0v) is 16.5. The molecule has 2 heteroatoms. The van der Waals surface area contributed by atoms with Gasteiger partial charge in [-0.25, -0.2) is 0 Å². The maximum absolute atomic E-state index is 3.70. The molecule has 1 atom stereocenters. The summed E-state index contributed by atoms with van der Waals surface area (Å²) >= 11 is 0. The summed E-state index contributed by atoms with van der Waals surface area (Å²) in [5.41, 5.74) is 0.327. The van der Waals surface area contributed by atoms with Crippen LogP contribution >= 0.6 is 0 Å². The minimum Gasteiger partial charge on any atom is -0.313 e. The van der Waals surface area contributed by atoms with Crippen molar-refractivity contribution >= 4 is 0 Å². The Bertz CT molecular complexity index is 232. The van der Waals surface area contributed by atoms with E-state index in [0.717, 1.165) is 5.92 Å². The van der Waals surface area contributed by atoms with E-state index >= 15 is 0 Å². The Hall–Kier alpha value is -0.0800. The molecule has 0 aromatic carbocycles. The maximum Gasteiger partial charge on any atom is 0.0305 e. The Labute approximate surface area is 141 Å². The van der Waals surface area contributed by atoms with Gasteiger partial charge in [0.05, 0.1) is 0 Å². The van der Waals surface area contributed by atoms with E-state index < -0.39 is 0 Å². The first-order chi connectivity index (χ1) is 10.6. The lowest BCUT2D eigenvalue weighted by molar-refractivity contribution is 0.177. The van der Waals surface area contributed by atoms with Gasteiger partial charge in [-0.2, -0.15) is 0 Å². The first-order valence-corrected chi connectivity index (χ1v) is 9.94. The minimum atomic E-state index is 0.327. The molecule has 0 amide bonds. The van der Waals surface area contributed by atoms with Crippen LogP contribution in [-0.4, -0.2) is 37.6 Å². The normalized spacial score (nSPS) is 13.8. The molecule has 1 N–H and O–H groups in total. The third-order valence-corrected chi connectivity index (χ3v) is 5.31. The number of rotatable bonds is 15. The lowest BCUT2D eigenvalue weighted by Gasteiger charge is -2.38. The van der Waals surface area contributed by atoms with Gasteiger partial charge < -0.3 is 10.2 Å². The van der Waals surface area contributed by atoms with Crippen molar-refractivity contribution < 1.29 is 0 Å². The van der Waals surface area contributed by atoms with Crippen molar-refractivity contribution in [3.05, 3.63) is 0 Å². The van der Waals surface area contributed by atoms with Crippen LogP contribution in [0.3, 0.4) is 0 Å². The molecule has 134 valence electrons. The van der Waals surface area contributed by atoms with Crippen LogP contribution in [0, 0.1) is 5.92 Å². The smallest absolute Gasteiger partial charge is 0.0305 e. The van der Waals surface area contributed by atoms with Crippen LogP contribution in [0.2, 0.25) is 0 Å². The second-order valence-corrected chi connectivity index (χ2v) is 7.33. The fourth-order valence-electron chi connectivity index (χ4n) is 3.60. The lowest BCUT2D eigenvalue weighted by atomic mass is 9.86. The molecule has 0 fully saturated rings. The summed E-state index contributed by atoms with van der Waals surface area (Å²) < 4.78 is 0. The van der Waals surface area contributed by atoms with Crippen molar-refractivity contribution in [2.45, 2.75) is 97.4 Å². The molecular weight excluding hydrogens is 268 g/mol. The maximum atomic E-state index is 3.70. The highest BCUT2D eigenvalue weighted by molar-refractivity contribution is 4.89. The highest BCUT2D eigenvalue weighted by Gasteiger charge is 2.28. The van der Waals surface area contributed by atoms with Crippen LogP contribution in [0.1, 0.15) is 91.9 Å². The van der Waals surface area contributed by atoms with Crippen molar-refractivity contribution in [2.75, 3.05) is 27.2 Å². The van der Waals surface area contributed by atoms with Crippen molar-refractivity contribution in [2.24, 2.45) is 5.92 Å². The van der Waals surface area contributed by atoms with Gasteiger partial charge >= 0.3 is 0 Å². The van der Waals surface area contributed by atoms with Gasteiger partial charge in [-0.15, -0.1) is 0 Å². The third-order valence-electron chi connectivity index (χ3n) is 5.31. The number of nitrogens with one attached hydrogen (secondary N) is 1. The highest BCUT2D eigenvalue weighted by atomic mass is 15.1. The average molecular weight is 313 g/mol. The molecule has 0 radical (unpaired) electrons. The Morgan fingerprint density at radius 2 is 1.50 bits per heavy atom. The van der Waals surface area contributed by atoms with E-state index in [1.165, 1.54) is 77.3 Å². The molecule has 0 aliphatic heterocycles. The molecular formula is C20H44N2. The largest absolute Gasteiger partial charge is 0.313 e. The zero-order chi connectivity index (χ0) is 16.8. The fraction of sp³-hybridized carbons (Fsp3) is 1.00. The molecule has 22 heavy (non-hydrogen) atoms. The van der Waals surface area contributed by atoms with E-state index in [0.29, 0.717) is 5.54 Å². The number of hydrogen-bond donors (Lipinski definition) is 1. The van der Waals surface area contributed by atoms with E-state index in [1.807, 2.05) is 0 Å². The van der Waals surface area contributed by atoms with Gasteiger partial charge in [0.1, 0.15) is 0 Å². The Balaban J connectivity index is 4.47. The van der Waals surface area contributed by atoms with Crippen LogP contribution in [0.5, 0.6) is 0 Å². The molecule has 0 saturated carbocycles. The molecule has 0 aliphatic carbocycles. The number of likely N-dealkylation sites (N-methyl/N-ethyl adjacent to an activating group) is 2. The second kappa shape index (κ2) is 13.4. The zero-order valence-electron chi connectivity index (χ0n) is 16.5. The topological polar surface area (TPSA) is 15.3 Å². The molecule has 0 spiro atoms. The number of nitrogens with zero attached hydrogens (tertiary/aromatic N) is 1. The van der Waals surface area contributed by atoms with Gasteiger partial charge in [-0.1, -0.05) is 72.6 Å². The lowest BCUT2D eigenvalue weighted by Crippen LogP contribution is -2.51. The van der Waals surface area contributed by atoms with E-state index in [4.69, 9.17) is 0 Å². The summed E-state index contributed by atoms with van der Waals surface area (Å²) in [6, 6.07) is 0. The molecule has 0 aromatic heterocycles. The van der Waals surface area contributed by atoms with Crippen molar-refractivity contribution in [3.8, 4) is 0 Å². The van der Waals surface area contributed by atoms with Crippen LogP contribution in [0.15, 0.2) is 0 Å². The fourth-order valence-corrected chi connectivity index (χ4v) is 3.60. The summed E-state index contributed by atoms with van der Waals surface area (Å²) in [5, 5.41) is 3.70. The van der Waals surface area contributed by atoms with Crippen molar-refractivity contribution in [1.82, 2.24) is 10.2 Å². The molecule has 0 saturated heterocycles. The second-order valence-electron chi connectivity index (χ2n) is 7.33. The predicted octanol–water partition coefficient (Wildman–Crippen LogP) is 5.47. The van der Waals surface area contributed by atoms with Crippen LogP contribution in [0.4, 0.5) is 0 Å². The third kappa shape index (κ3) is 9.15. The van der Waals surface area contributed by atoms with Gasteiger partial charge in [-0.05, 0) is 45.8 Å². The average Bonchev–Trinajstić information content (AvgIpc) is 2.54. The number of unbranched alkanes of at least 4 members (excludes halogenated alkanes) is 2. The van der Waals surface area contributed by atoms with Gasteiger partial charge in [-0.3, -0.25) is 0 Å². The Kier molecular flexibility index (Phi) is 13.3. The molecule has 0 aliphatic rings. The Morgan fingerprint density at radius 1 is 0.909 bits per heavy atom. The summed E-state index contributed by atoms with van der Waals surface area (Å²) in [6.45, 7) is 11.7. The monoisotopic (exact) mass is 312 g/mol. The highest BCUT2D eigenvalue weighted by Crippen LogP contribution is 2.23. The summed E-state index contributed by atoms with van der Waals surface area (Å²) in [5.74, 6) is 0.919. The van der Waals surface area contributed by atoms with Crippen LogP contribution < -0.4 is 5.32 Å². The van der Waals surface area contributed by atoms with Crippen molar-refractivity contribution in [3.63, 3.8) is 0 Å². The molecule has 0 bridgehead atoms. The van der Waals surface area contributed by atoms with Gasteiger partial charge in [0.25, 0.3) is 0 Å². The molecule has 0 heterocycles. The van der Waals surface area contributed by atoms with E-state index in [2.05, 4.69) is 52.0 Å². The first kappa shape index (κ1) is 21.9. The van der Waals surface area contributed by atoms with Crippen LogP contribution in [0.25, 0.3) is 0 Å². The molecule has 0 rings (SSSR count). The summed E-state index contributed by atoms with van der Waals surface area (Å²) in [7, 11) is 4.49. The van der Waals surface area contributed by atoms with Crippen molar-refractivity contribution in [1.29, 1.82) is 0 Å². The molecule has 0 aromatic rings. The first-order valence-electron chi connectivity index (χ1n) is 9.94. The number of hydrogen-bond acceptors (Lipinski definition) is 2. The van der Waals surface area contributed by atoms with E-state index in [9.17, 15) is 0 Å². The summed E-state index contributed by atoms with van der Waals surface area (Å²) in [6.07, 6.45) is 13.3. The van der Waals surface area contributed by atoms with Gasteiger partial charge in [0.15, 0.2) is 0 Å². The Morgan fingerprint density at radius 3 is 1.91 bits per heavy atom. The SMILES string of the molecule is CCCCC(CCCC)(CN(C)CCC(CC)CCC)NC. The van der Waals surface area contributed by atoms with Crippen LogP contribution in [-0.2, 0) is 0 Å².